The molecule has 0 aliphatic rings. The van der Waals surface area contributed by atoms with Gasteiger partial charge in [-0.1, -0.05) is 12.1 Å². The summed E-state index contributed by atoms with van der Waals surface area (Å²) < 4.78 is 38.6. The highest BCUT2D eigenvalue weighted by Crippen LogP contribution is 2.20. The topological polar surface area (TPSA) is 101 Å². The van der Waals surface area contributed by atoms with E-state index in [1.54, 1.807) is 13.8 Å². The summed E-state index contributed by atoms with van der Waals surface area (Å²) in [5.74, 6) is -0.885. The van der Waals surface area contributed by atoms with Crippen LogP contribution in [0.2, 0.25) is 0 Å². The summed E-state index contributed by atoms with van der Waals surface area (Å²) in [6, 6.07) is 3.93. The highest BCUT2D eigenvalue weighted by molar-refractivity contribution is 7.88. The number of nitro benzene ring substituents is 1. The largest absolute Gasteiger partial charge is 0.311 e. The van der Waals surface area contributed by atoms with Gasteiger partial charge in [0.2, 0.25) is 15.8 Å². The zero-order valence-corrected chi connectivity index (χ0v) is 12.8. The second-order valence-corrected chi connectivity index (χ2v) is 7.12. The van der Waals surface area contributed by atoms with E-state index in [2.05, 4.69) is 10.0 Å². The number of benzene rings is 1. The van der Waals surface area contributed by atoms with Crippen LogP contribution in [-0.4, -0.2) is 31.7 Å². The third-order valence-corrected chi connectivity index (χ3v) is 3.52. The van der Waals surface area contributed by atoms with Crippen LogP contribution in [0.5, 0.6) is 0 Å². The van der Waals surface area contributed by atoms with E-state index in [0.29, 0.717) is 0 Å². The Bertz CT molecular complexity index is 631. The third-order valence-electron chi connectivity index (χ3n) is 2.60. The van der Waals surface area contributed by atoms with Gasteiger partial charge in [0.15, 0.2) is 0 Å². The van der Waals surface area contributed by atoms with Gasteiger partial charge in [0.25, 0.3) is 0 Å². The van der Waals surface area contributed by atoms with Gasteiger partial charge in [0, 0.05) is 30.3 Å². The molecule has 1 rings (SSSR count). The second kappa shape index (κ2) is 6.46. The van der Waals surface area contributed by atoms with Crippen molar-refractivity contribution in [3.63, 3.8) is 0 Å². The molecule has 7 nitrogen and oxygen atoms in total. The van der Waals surface area contributed by atoms with E-state index in [0.717, 1.165) is 12.3 Å². The second-order valence-electron chi connectivity index (χ2n) is 5.37. The van der Waals surface area contributed by atoms with Gasteiger partial charge < -0.3 is 5.32 Å². The van der Waals surface area contributed by atoms with Gasteiger partial charge in [-0.3, -0.25) is 10.1 Å². The average molecular weight is 319 g/mol. The summed E-state index contributed by atoms with van der Waals surface area (Å²) in [7, 11) is -3.36. The van der Waals surface area contributed by atoms with Crippen molar-refractivity contribution in [3.8, 4) is 0 Å². The molecule has 0 aromatic heterocycles. The quantitative estimate of drug-likeness (QED) is 0.580. The molecule has 9 heteroatoms. The summed E-state index contributed by atoms with van der Waals surface area (Å²) >= 11 is 0. The Hall–Kier alpha value is -1.58. The first kappa shape index (κ1) is 17.5. The fourth-order valence-corrected chi connectivity index (χ4v) is 2.97. The van der Waals surface area contributed by atoms with Gasteiger partial charge in [0.05, 0.1) is 11.2 Å². The molecule has 1 aromatic rings. The molecule has 0 amide bonds. The first-order valence-electron chi connectivity index (χ1n) is 6.13. The summed E-state index contributed by atoms with van der Waals surface area (Å²) in [6.07, 6.45) is 1.05. The maximum Gasteiger partial charge on any atom is 0.305 e. The Kier molecular flexibility index (Phi) is 5.37. The Labute approximate surface area is 122 Å². The molecule has 0 saturated heterocycles. The third kappa shape index (κ3) is 5.74. The maximum absolute atomic E-state index is 13.8. The molecule has 0 aliphatic carbocycles. The Morgan fingerprint density at radius 1 is 1.38 bits per heavy atom. The van der Waals surface area contributed by atoms with E-state index < -0.39 is 32.0 Å². The highest BCUT2D eigenvalue weighted by atomic mass is 32.2. The Morgan fingerprint density at radius 2 is 2.00 bits per heavy atom. The number of nitro groups is 1. The Balaban J connectivity index is 2.69. The molecule has 0 unspecified atom stereocenters. The molecule has 0 heterocycles. The summed E-state index contributed by atoms with van der Waals surface area (Å²) in [5.41, 5.74) is -1.19. The standard InChI is InChI=1S/C12H18FN3O4S/c1-12(2,15-21(3,19)20)8-14-7-9-5-4-6-10(11(9)13)16(17)18/h4-6,14-15H,7-8H2,1-3H3. The Morgan fingerprint density at radius 3 is 2.52 bits per heavy atom. The minimum absolute atomic E-state index is 0.0579. The number of halogens is 1. The minimum Gasteiger partial charge on any atom is -0.311 e. The lowest BCUT2D eigenvalue weighted by molar-refractivity contribution is -0.387. The van der Waals surface area contributed by atoms with Gasteiger partial charge in [0.1, 0.15) is 0 Å². The van der Waals surface area contributed by atoms with Crippen molar-refractivity contribution in [2.75, 3.05) is 12.8 Å². The van der Waals surface area contributed by atoms with Crippen LogP contribution in [0, 0.1) is 15.9 Å². The monoisotopic (exact) mass is 319 g/mol. The summed E-state index contributed by atoms with van der Waals surface area (Å²) in [5, 5.41) is 13.5. The van der Waals surface area contributed by atoms with Crippen molar-refractivity contribution in [3.05, 3.63) is 39.7 Å². The number of hydrogen-bond donors (Lipinski definition) is 2. The van der Waals surface area contributed by atoms with Crippen molar-refractivity contribution < 1.29 is 17.7 Å². The molecule has 0 radical (unpaired) electrons. The van der Waals surface area contributed by atoms with Gasteiger partial charge in [-0.15, -0.1) is 0 Å². The fourth-order valence-electron chi connectivity index (χ4n) is 1.89. The van der Waals surface area contributed by atoms with Gasteiger partial charge in [-0.25, -0.2) is 13.1 Å². The highest BCUT2D eigenvalue weighted by Gasteiger charge is 2.22. The summed E-state index contributed by atoms with van der Waals surface area (Å²) in [4.78, 5) is 9.85. The average Bonchev–Trinajstić information content (AvgIpc) is 2.27. The lowest BCUT2D eigenvalue weighted by Crippen LogP contribution is -2.49. The van der Waals surface area contributed by atoms with Crippen LogP contribution in [0.25, 0.3) is 0 Å². The van der Waals surface area contributed by atoms with E-state index in [9.17, 15) is 22.9 Å². The van der Waals surface area contributed by atoms with Crippen LogP contribution < -0.4 is 10.0 Å². The number of nitrogens with zero attached hydrogens (tertiary/aromatic N) is 1. The van der Waals surface area contributed by atoms with Gasteiger partial charge in [-0.05, 0) is 13.8 Å². The molecule has 0 spiro atoms. The van der Waals surface area contributed by atoms with Gasteiger partial charge in [-0.2, -0.15) is 4.39 Å². The van der Waals surface area contributed by atoms with Crippen LogP contribution in [-0.2, 0) is 16.6 Å². The van der Waals surface area contributed by atoms with Crippen molar-refractivity contribution in [1.82, 2.24) is 10.0 Å². The lowest BCUT2D eigenvalue weighted by Gasteiger charge is -2.25. The van der Waals surface area contributed by atoms with E-state index in [1.807, 2.05) is 0 Å². The van der Waals surface area contributed by atoms with Crippen molar-refractivity contribution >= 4 is 15.7 Å². The molecule has 0 saturated carbocycles. The van der Waals surface area contributed by atoms with Crippen LogP contribution in [0.15, 0.2) is 18.2 Å². The number of sulfonamides is 1. The molecule has 2 N–H and O–H groups in total. The number of hydrogen-bond acceptors (Lipinski definition) is 5. The van der Waals surface area contributed by atoms with Crippen molar-refractivity contribution in [2.24, 2.45) is 0 Å². The summed E-state index contributed by atoms with van der Waals surface area (Å²) in [6.45, 7) is 3.64. The number of rotatable bonds is 7. The SMILES string of the molecule is CC(C)(CNCc1cccc([N+](=O)[O-])c1F)NS(C)(=O)=O. The van der Waals surface area contributed by atoms with Crippen LogP contribution >= 0.6 is 0 Å². The van der Waals surface area contributed by atoms with Crippen molar-refractivity contribution in [2.45, 2.75) is 25.9 Å². The first-order chi connectivity index (χ1) is 9.52. The van der Waals surface area contributed by atoms with Crippen molar-refractivity contribution in [1.29, 1.82) is 0 Å². The molecule has 118 valence electrons. The predicted molar refractivity (Wildman–Crippen MR) is 76.8 cm³/mol. The van der Waals surface area contributed by atoms with E-state index >= 15 is 0 Å². The van der Waals surface area contributed by atoms with E-state index in [1.165, 1.54) is 12.1 Å². The normalized spacial score (nSPS) is 12.4. The zero-order chi connectivity index (χ0) is 16.3. The molecule has 0 atom stereocenters. The smallest absolute Gasteiger partial charge is 0.305 e. The zero-order valence-electron chi connectivity index (χ0n) is 12.0. The van der Waals surface area contributed by atoms with Crippen LogP contribution in [0.3, 0.4) is 0 Å². The predicted octanol–water partition coefficient (Wildman–Crippen LogP) is 1.15. The molecule has 0 aliphatic heterocycles. The molecule has 21 heavy (non-hydrogen) atoms. The minimum atomic E-state index is -3.36. The van der Waals surface area contributed by atoms with Crippen LogP contribution in [0.1, 0.15) is 19.4 Å². The molecular formula is C12H18FN3O4S. The first-order valence-corrected chi connectivity index (χ1v) is 8.02. The van der Waals surface area contributed by atoms with E-state index in [4.69, 9.17) is 0 Å². The lowest BCUT2D eigenvalue weighted by atomic mass is 10.1. The fraction of sp³-hybridized carbons (Fsp3) is 0.500. The molecule has 1 aromatic carbocycles. The molecular weight excluding hydrogens is 301 g/mol. The van der Waals surface area contributed by atoms with Gasteiger partial charge >= 0.3 is 5.69 Å². The van der Waals surface area contributed by atoms with E-state index in [-0.39, 0.29) is 18.7 Å². The molecule has 0 fully saturated rings. The molecule has 0 bridgehead atoms. The number of nitrogens with one attached hydrogen (secondary N) is 2. The maximum atomic E-state index is 13.8. The van der Waals surface area contributed by atoms with Crippen LogP contribution in [0.4, 0.5) is 10.1 Å².